The van der Waals surface area contributed by atoms with Crippen molar-refractivity contribution in [3.63, 3.8) is 0 Å². The number of rotatable bonds is 6. The summed E-state index contributed by atoms with van der Waals surface area (Å²) in [4.78, 5) is 19.4. The van der Waals surface area contributed by atoms with Crippen LogP contribution < -0.4 is 5.32 Å². The van der Waals surface area contributed by atoms with Gasteiger partial charge in [0.05, 0.1) is 0 Å². The van der Waals surface area contributed by atoms with Gasteiger partial charge in [-0.05, 0) is 6.54 Å². The smallest absolute Gasteiger partial charge is 0.315 e. The van der Waals surface area contributed by atoms with Gasteiger partial charge >= 0.3 is 5.97 Å². The third-order valence-corrected chi connectivity index (χ3v) is 1.05. The van der Waals surface area contributed by atoms with Gasteiger partial charge in [-0.1, -0.05) is 13.8 Å². The first-order valence-electron chi connectivity index (χ1n) is 3.84. The van der Waals surface area contributed by atoms with E-state index < -0.39 is 0 Å². The number of nitrogens with one attached hydrogen (secondary N) is 1. The van der Waals surface area contributed by atoms with Crippen molar-refractivity contribution in [1.29, 1.82) is 0 Å². The number of hydrogen-bond donors (Lipinski definition) is 1. The summed E-state index contributed by atoms with van der Waals surface area (Å²) in [6.45, 7) is 5.71. The minimum absolute atomic E-state index is 0.332. The first-order chi connectivity index (χ1) is 5.31. The minimum atomic E-state index is -0.332. The van der Waals surface area contributed by atoms with Gasteiger partial charge in [-0.25, -0.2) is 4.79 Å². The Balaban J connectivity index is 2.95. The van der Waals surface area contributed by atoms with E-state index >= 15 is 0 Å². The van der Waals surface area contributed by atoms with Crippen LogP contribution in [0.2, 0.25) is 0 Å². The fraction of sp³-hybridized carbons (Fsp3) is 0.857. The molecule has 0 aliphatic carbocycles. The van der Waals surface area contributed by atoms with Gasteiger partial charge in [0, 0.05) is 13.0 Å². The second-order valence-corrected chi connectivity index (χ2v) is 1.98. The topological polar surface area (TPSA) is 47.6 Å². The molecular weight excluding hydrogens is 146 g/mol. The van der Waals surface area contributed by atoms with Crippen LogP contribution in [-0.2, 0) is 14.6 Å². The Morgan fingerprint density at radius 1 is 1.45 bits per heavy atom. The van der Waals surface area contributed by atoms with E-state index in [1.54, 1.807) is 6.92 Å². The van der Waals surface area contributed by atoms with Gasteiger partial charge in [-0.15, -0.1) is 0 Å². The Bertz CT molecular complexity index is 106. The second-order valence-electron chi connectivity index (χ2n) is 1.98. The van der Waals surface area contributed by atoms with Crippen LogP contribution in [0.3, 0.4) is 0 Å². The molecule has 11 heavy (non-hydrogen) atoms. The van der Waals surface area contributed by atoms with Crippen molar-refractivity contribution in [3.8, 4) is 0 Å². The molecule has 0 aromatic rings. The molecule has 4 nitrogen and oxygen atoms in total. The van der Waals surface area contributed by atoms with Crippen molar-refractivity contribution in [2.45, 2.75) is 20.3 Å². The molecule has 0 rings (SSSR count). The molecule has 0 radical (unpaired) electrons. The van der Waals surface area contributed by atoms with Crippen LogP contribution in [0.1, 0.15) is 20.3 Å². The summed E-state index contributed by atoms with van der Waals surface area (Å²) in [5, 5.41) is 3.02. The highest BCUT2D eigenvalue weighted by Crippen LogP contribution is 1.84. The Labute approximate surface area is 66.8 Å². The molecular formula is C7H15NO3. The fourth-order valence-corrected chi connectivity index (χ4v) is 0.457. The highest BCUT2D eigenvalue weighted by molar-refractivity contribution is 5.68. The van der Waals surface area contributed by atoms with Crippen LogP contribution in [-0.4, -0.2) is 25.7 Å². The van der Waals surface area contributed by atoms with Crippen molar-refractivity contribution >= 4 is 5.97 Å². The maximum Gasteiger partial charge on any atom is 0.342 e. The first kappa shape index (κ1) is 10.4. The van der Waals surface area contributed by atoms with E-state index in [1.807, 2.05) is 6.92 Å². The van der Waals surface area contributed by atoms with E-state index in [0.29, 0.717) is 19.6 Å². The van der Waals surface area contributed by atoms with Gasteiger partial charge in [0.2, 0.25) is 0 Å². The summed E-state index contributed by atoms with van der Waals surface area (Å²) >= 11 is 0. The lowest BCUT2D eigenvalue weighted by molar-refractivity contribution is -0.270. The van der Waals surface area contributed by atoms with E-state index in [0.717, 1.165) is 6.54 Å². The lowest BCUT2D eigenvalue weighted by atomic mass is 10.5. The molecule has 0 bridgehead atoms. The molecule has 0 spiro atoms. The van der Waals surface area contributed by atoms with E-state index in [9.17, 15) is 4.79 Å². The summed E-state index contributed by atoms with van der Waals surface area (Å²) in [5.74, 6) is -0.332. The maximum atomic E-state index is 10.5. The SMILES string of the molecule is CCNCCOOC(=O)CC. The van der Waals surface area contributed by atoms with Crippen molar-refractivity contribution in [2.75, 3.05) is 19.7 Å². The molecule has 4 heteroatoms. The van der Waals surface area contributed by atoms with Gasteiger partial charge in [-0.3, -0.25) is 4.89 Å². The standard InChI is InChI=1S/C7H15NO3/c1-3-7(9)11-10-6-5-8-4-2/h8H,3-6H2,1-2H3. The molecule has 0 aliphatic heterocycles. The van der Waals surface area contributed by atoms with Crippen LogP contribution >= 0.6 is 0 Å². The lowest BCUT2D eigenvalue weighted by Crippen LogP contribution is -2.19. The third-order valence-electron chi connectivity index (χ3n) is 1.05. The van der Waals surface area contributed by atoms with Crippen LogP contribution in [0.4, 0.5) is 0 Å². The lowest BCUT2D eigenvalue weighted by Gasteiger charge is -2.01. The van der Waals surface area contributed by atoms with Crippen LogP contribution in [0.25, 0.3) is 0 Å². The minimum Gasteiger partial charge on any atom is -0.315 e. The third kappa shape index (κ3) is 7.29. The molecule has 66 valence electrons. The number of carbonyl (C=O) groups excluding carboxylic acids is 1. The van der Waals surface area contributed by atoms with Crippen LogP contribution in [0.5, 0.6) is 0 Å². The van der Waals surface area contributed by atoms with Crippen molar-refractivity contribution in [2.24, 2.45) is 0 Å². The summed E-state index contributed by atoms with van der Waals surface area (Å²) in [6, 6.07) is 0. The predicted molar refractivity (Wildman–Crippen MR) is 40.9 cm³/mol. The zero-order chi connectivity index (χ0) is 8.53. The molecule has 0 fully saturated rings. The summed E-state index contributed by atoms with van der Waals surface area (Å²) in [7, 11) is 0. The Morgan fingerprint density at radius 2 is 2.18 bits per heavy atom. The molecule has 0 saturated carbocycles. The highest BCUT2D eigenvalue weighted by Gasteiger charge is 1.97. The molecule has 1 N–H and O–H groups in total. The average Bonchev–Trinajstić information content (AvgIpc) is 2.04. The predicted octanol–water partition coefficient (Wildman–Crippen LogP) is 0.481. The van der Waals surface area contributed by atoms with Gasteiger partial charge < -0.3 is 5.32 Å². The normalized spacial score (nSPS) is 9.64. The van der Waals surface area contributed by atoms with E-state index in [4.69, 9.17) is 0 Å². The fourth-order valence-electron chi connectivity index (χ4n) is 0.457. The van der Waals surface area contributed by atoms with Gasteiger partial charge in [0.15, 0.2) is 0 Å². The Morgan fingerprint density at radius 3 is 2.73 bits per heavy atom. The highest BCUT2D eigenvalue weighted by atomic mass is 17.2. The molecule has 0 amide bonds. The monoisotopic (exact) mass is 161 g/mol. The van der Waals surface area contributed by atoms with Crippen LogP contribution in [0.15, 0.2) is 0 Å². The number of hydrogen-bond acceptors (Lipinski definition) is 4. The van der Waals surface area contributed by atoms with Crippen molar-refractivity contribution in [1.82, 2.24) is 5.32 Å². The van der Waals surface area contributed by atoms with E-state index in [1.165, 1.54) is 0 Å². The summed E-state index contributed by atoms with van der Waals surface area (Å²) < 4.78 is 0. The Kier molecular flexibility index (Phi) is 7.08. The van der Waals surface area contributed by atoms with Gasteiger partial charge in [-0.2, -0.15) is 4.89 Å². The number of carbonyl (C=O) groups is 1. The molecule has 0 aliphatic rings. The zero-order valence-corrected chi connectivity index (χ0v) is 7.05. The Hall–Kier alpha value is -0.610. The largest absolute Gasteiger partial charge is 0.342 e. The van der Waals surface area contributed by atoms with Gasteiger partial charge in [0.1, 0.15) is 6.61 Å². The first-order valence-corrected chi connectivity index (χ1v) is 3.84. The molecule has 0 aromatic carbocycles. The van der Waals surface area contributed by atoms with Crippen molar-refractivity contribution < 1.29 is 14.6 Å². The number of likely N-dealkylation sites (N-methyl/N-ethyl adjacent to an activating group) is 1. The van der Waals surface area contributed by atoms with E-state index in [-0.39, 0.29) is 5.97 Å². The molecule has 0 saturated heterocycles. The zero-order valence-electron chi connectivity index (χ0n) is 7.05. The molecule has 0 heterocycles. The second kappa shape index (κ2) is 7.50. The van der Waals surface area contributed by atoms with Gasteiger partial charge in [0.25, 0.3) is 0 Å². The quantitative estimate of drug-likeness (QED) is 0.349. The maximum absolute atomic E-state index is 10.5. The van der Waals surface area contributed by atoms with E-state index in [2.05, 4.69) is 15.1 Å². The molecule has 0 aromatic heterocycles. The average molecular weight is 161 g/mol. The van der Waals surface area contributed by atoms with Crippen LogP contribution in [0, 0.1) is 0 Å². The molecule has 0 unspecified atom stereocenters. The summed E-state index contributed by atoms with van der Waals surface area (Å²) in [5.41, 5.74) is 0. The summed E-state index contributed by atoms with van der Waals surface area (Å²) in [6.07, 6.45) is 0.348. The van der Waals surface area contributed by atoms with Crippen molar-refractivity contribution in [3.05, 3.63) is 0 Å². The molecule has 0 atom stereocenters.